The number of aliphatic hydroxyl groups is 1. The van der Waals surface area contributed by atoms with E-state index >= 15 is 0 Å². The van der Waals surface area contributed by atoms with Crippen LogP contribution in [0.25, 0.3) is 0 Å². The normalized spacial score (nSPS) is 12.4. The van der Waals surface area contributed by atoms with E-state index in [1.807, 2.05) is 12.3 Å². The fourth-order valence-electron chi connectivity index (χ4n) is 1.25. The molecule has 1 heterocycles. The second-order valence-electron chi connectivity index (χ2n) is 3.78. The molecule has 0 aromatic carbocycles. The molecule has 90 valence electrons. The highest BCUT2D eigenvalue weighted by Gasteiger charge is 2.01. The number of nitrogens with zero attached hydrogens (tertiary/aromatic N) is 1. The molecule has 0 spiro atoms. The predicted molar refractivity (Wildman–Crippen MR) is 70.9 cm³/mol. The number of hydrogen-bond donors (Lipinski definition) is 2. The average Bonchev–Trinajstić information content (AvgIpc) is 2.30. The van der Waals surface area contributed by atoms with Crippen molar-refractivity contribution in [1.29, 1.82) is 0 Å². The number of nitrogens with one attached hydrogen (secondary N) is 1. The molecule has 0 aliphatic rings. The Hall–Kier alpha value is -0.740. The van der Waals surface area contributed by atoms with Crippen molar-refractivity contribution in [2.75, 3.05) is 17.7 Å². The van der Waals surface area contributed by atoms with Crippen LogP contribution < -0.4 is 5.32 Å². The van der Waals surface area contributed by atoms with Gasteiger partial charge in [0.2, 0.25) is 0 Å². The van der Waals surface area contributed by atoms with Gasteiger partial charge in [0.05, 0.1) is 6.61 Å². The van der Waals surface area contributed by atoms with Gasteiger partial charge in [-0.05, 0) is 31.0 Å². The van der Waals surface area contributed by atoms with Crippen molar-refractivity contribution in [3.8, 4) is 0 Å². The largest absolute Gasteiger partial charge is 0.396 e. The second kappa shape index (κ2) is 7.52. The van der Waals surface area contributed by atoms with Crippen LogP contribution in [-0.2, 0) is 5.75 Å². The quantitative estimate of drug-likeness (QED) is 0.719. The minimum atomic E-state index is 0.244. The van der Waals surface area contributed by atoms with Crippen molar-refractivity contribution < 1.29 is 5.11 Å². The molecule has 0 aliphatic heterocycles. The van der Waals surface area contributed by atoms with E-state index < -0.39 is 0 Å². The lowest BCUT2D eigenvalue weighted by atomic mass is 10.2. The van der Waals surface area contributed by atoms with Crippen LogP contribution in [0.2, 0.25) is 0 Å². The van der Waals surface area contributed by atoms with Gasteiger partial charge in [0.15, 0.2) is 0 Å². The maximum Gasteiger partial charge on any atom is 0.126 e. The third kappa shape index (κ3) is 4.86. The van der Waals surface area contributed by atoms with Crippen LogP contribution in [0.15, 0.2) is 18.3 Å². The maximum atomic E-state index is 8.70. The SMILES string of the molecule is CCC(C)Nc1cc(CSCCO)ccn1. The number of rotatable bonds is 7. The maximum absolute atomic E-state index is 8.70. The van der Waals surface area contributed by atoms with E-state index in [0.717, 1.165) is 23.7 Å². The fourth-order valence-corrected chi connectivity index (χ4v) is 1.94. The zero-order chi connectivity index (χ0) is 11.8. The molecular weight excluding hydrogens is 220 g/mol. The van der Waals surface area contributed by atoms with E-state index in [9.17, 15) is 0 Å². The van der Waals surface area contributed by atoms with Gasteiger partial charge < -0.3 is 10.4 Å². The zero-order valence-electron chi connectivity index (χ0n) is 9.94. The Balaban J connectivity index is 2.50. The lowest BCUT2D eigenvalue weighted by Crippen LogP contribution is -2.14. The molecule has 1 rings (SSSR count). The summed E-state index contributed by atoms with van der Waals surface area (Å²) in [5.74, 6) is 2.66. The van der Waals surface area contributed by atoms with Crippen molar-refractivity contribution >= 4 is 17.6 Å². The molecule has 16 heavy (non-hydrogen) atoms. The zero-order valence-corrected chi connectivity index (χ0v) is 10.8. The van der Waals surface area contributed by atoms with Crippen molar-refractivity contribution in [2.45, 2.75) is 32.1 Å². The summed E-state index contributed by atoms with van der Waals surface area (Å²) in [7, 11) is 0. The average molecular weight is 240 g/mol. The van der Waals surface area contributed by atoms with Crippen molar-refractivity contribution in [1.82, 2.24) is 4.98 Å². The third-order valence-corrected chi connectivity index (χ3v) is 3.34. The van der Waals surface area contributed by atoms with E-state index in [0.29, 0.717) is 6.04 Å². The number of pyridine rings is 1. The lowest BCUT2D eigenvalue weighted by Gasteiger charge is -2.12. The summed E-state index contributed by atoms with van der Waals surface area (Å²) >= 11 is 1.73. The van der Waals surface area contributed by atoms with Crippen LogP contribution in [-0.4, -0.2) is 28.5 Å². The number of anilines is 1. The smallest absolute Gasteiger partial charge is 0.126 e. The van der Waals surface area contributed by atoms with Gasteiger partial charge in [0.25, 0.3) is 0 Å². The third-order valence-electron chi connectivity index (χ3n) is 2.34. The Bertz CT molecular complexity index is 307. The first kappa shape index (κ1) is 13.3. The topological polar surface area (TPSA) is 45.1 Å². The van der Waals surface area contributed by atoms with Gasteiger partial charge in [0.1, 0.15) is 5.82 Å². The van der Waals surface area contributed by atoms with E-state index in [4.69, 9.17) is 5.11 Å². The number of aromatic nitrogens is 1. The van der Waals surface area contributed by atoms with Crippen LogP contribution >= 0.6 is 11.8 Å². The van der Waals surface area contributed by atoms with Gasteiger partial charge >= 0.3 is 0 Å². The Kier molecular flexibility index (Phi) is 6.26. The molecule has 0 aliphatic carbocycles. The molecule has 1 atom stereocenters. The van der Waals surface area contributed by atoms with Crippen LogP contribution in [0.1, 0.15) is 25.8 Å². The molecule has 3 nitrogen and oxygen atoms in total. The van der Waals surface area contributed by atoms with Crippen molar-refractivity contribution in [3.63, 3.8) is 0 Å². The molecule has 1 aromatic rings. The first-order valence-corrected chi connectivity index (χ1v) is 6.81. The number of aliphatic hydroxyl groups excluding tert-OH is 1. The van der Waals surface area contributed by atoms with E-state index in [2.05, 4.69) is 30.2 Å². The van der Waals surface area contributed by atoms with E-state index in [1.54, 1.807) is 11.8 Å². The summed E-state index contributed by atoms with van der Waals surface area (Å²) in [5, 5.41) is 12.1. The highest BCUT2D eigenvalue weighted by Crippen LogP contribution is 2.15. The standard InChI is InChI=1S/C12H20N2OS/c1-3-10(2)14-12-8-11(4-5-13-12)9-16-7-6-15/h4-5,8,10,15H,3,6-7,9H2,1-2H3,(H,13,14). The minimum absolute atomic E-state index is 0.244. The second-order valence-corrected chi connectivity index (χ2v) is 4.88. The highest BCUT2D eigenvalue weighted by molar-refractivity contribution is 7.98. The molecule has 0 bridgehead atoms. The van der Waals surface area contributed by atoms with Crippen molar-refractivity contribution in [3.05, 3.63) is 23.9 Å². The summed E-state index contributed by atoms with van der Waals surface area (Å²) in [6.07, 6.45) is 2.92. The fraction of sp³-hybridized carbons (Fsp3) is 0.583. The van der Waals surface area contributed by atoms with E-state index in [-0.39, 0.29) is 6.61 Å². The molecule has 0 fully saturated rings. The summed E-state index contributed by atoms with van der Waals surface area (Å²) in [5.41, 5.74) is 1.25. The number of hydrogen-bond acceptors (Lipinski definition) is 4. The predicted octanol–water partition coefficient (Wildman–Crippen LogP) is 2.52. The summed E-state index contributed by atoms with van der Waals surface area (Å²) in [6, 6.07) is 4.55. The first-order chi connectivity index (χ1) is 7.76. The van der Waals surface area contributed by atoms with Gasteiger partial charge in [-0.2, -0.15) is 11.8 Å². The molecular formula is C12H20N2OS. The Morgan fingerprint density at radius 1 is 1.56 bits per heavy atom. The molecule has 4 heteroatoms. The van der Waals surface area contributed by atoms with Gasteiger partial charge in [0, 0.05) is 23.7 Å². The van der Waals surface area contributed by atoms with Crippen LogP contribution in [0.4, 0.5) is 5.82 Å². The molecule has 0 radical (unpaired) electrons. The molecule has 1 aromatic heterocycles. The monoisotopic (exact) mass is 240 g/mol. The van der Waals surface area contributed by atoms with E-state index in [1.165, 1.54) is 5.56 Å². The molecule has 1 unspecified atom stereocenters. The summed E-state index contributed by atoms with van der Waals surface area (Å²) in [6.45, 7) is 4.54. The van der Waals surface area contributed by atoms with Gasteiger partial charge in [-0.3, -0.25) is 0 Å². The first-order valence-electron chi connectivity index (χ1n) is 5.66. The Morgan fingerprint density at radius 2 is 2.38 bits per heavy atom. The summed E-state index contributed by atoms with van der Waals surface area (Å²) in [4.78, 5) is 4.29. The Labute approximate surface area is 102 Å². The molecule has 0 saturated carbocycles. The number of thioether (sulfide) groups is 1. The van der Waals surface area contributed by atoms with Gasteiger partial charge in [-0.25, -0.2) is 4.98 Å². The van der Waals surface area contributed by atoms with Crippen LogP contribution in [0.3, 0.4) is 0 Å². The highest BCUT2D eigenvalue weighted by atomic mass is 32.2. The van der Waals surface area contributed by atoms with Gasteiger partial charge in [-0.15, -0.1) is 0 Å². The minimum Gasteiger partial charge on any atom is -0.396 e. The summed E-state index contributed by atoms with van der Waals surface area (Å²) < 4.78 is 0. The van der Waals surface area contributed by atoms with Crippen LogP contribution in [0.5, 0.6) is 0 Å². The molecule has 2 N–H and O–H groups in total. The van der Waals surface area contributed by atoms with Gasteiger partial charge in [-0.1, -0.05) is 6.92 Å². The van der Waals surface area contributed by atoms with Crippen LogP contribution in [0, 0.1) is 0 Å². The Morgan fingerprint density at radius 3 is 3.06 bits per heavy atom. The molecule has 0 amide bonds. The molecule has 0 saturated heterocycles. The van der Waals surface area contributed by atoms with Crippen molar-refractivity contribution in [2.24, 2.45) is 0 Å². The lowest BCUT2D eigenvalue weighted by molar-refractivity contribution is 0.322.